The minimum atomic E-state index is 0.0454. The first-order valence-corrected chi connectivity index (χ1v) is 9.15. The summed E-state index contributed by atoms with van der Waals surface area (Å²) in [5.74, 6) is 1.04. The number of aromatic amines is 1. The Kier molecular flexibility index (Phi) is 3.84. The Hall–Kier alpha value is -2.21. The minimum Gasteiger partial charge on any atom is -0.340 e. The van der Waals surface area contributed by atoms with Crippen LogP contribution in [-0.2, 0) is 11.2 Å². The molecule has 124 valence electrons. The Labute approximate surface area is 144 Å². The van der Waals surface area contributed by atoms with Crippen LogP contribution in [0.15, 0.2) is 23.6 Å². The average Bonchev–Trinajstić information content (AvgIpc) is 3.25. The molecule has 0 saturated carbocycles. The summed E-state index contributed by atoms with van der Waals surface area (Å²) in [6.07, 6.45) is 2.35. The number of likely N-dealkylation sites (tertiary alicyclic amines) is 1. The van der Waals surface area contributed by atoms with Gasteiger partial charge in [0.1, 0.15) is 5.82 Å². The van der Waals surface area contributed by atoms with Gasteiger partial charge >= 0.3 is 0 Å². The molecule has 0 spiro atoms. The molecule has 2 aromatic heterocycles. The molecule has 1 aliphatic heterocycles. The van der Waals surface area contributed by atoms with Gasteiger partial charge in [-0.3, -0.25) is 4.79 Å². The number of rotatable bonds is 3. The largest absolute Gasteiger partial charge is 0.340 e. The van der Waals surface area contributed by atoms with Crippen LogP contribution < -0.4 is 0 Å². The molecule has 3 aromatic rings. The number of thiazole rings is 1. The highest BCUT2D eigenvalue weighted by Gasteiger charge is 2.32. The molecule has 1 N–H and O–H groups in total. The van der Waals surface area contributed by atoms with E-state index >= 15 is 0 Å². The fourth-order valence-electron chi connectivity index (χ4n) is 3.45. The second-order valence-corrected chi connectivity index (χ2v) is 7.44. The highest BCUT2D eigenvalue weighted by molar-refractivity contribution is 7.09. The van der Waals surface area contributed by atoms with E-state index in [-0.39, 0.29) is 11.9 Å². The number of nitrogens with zero attached hydrogens (tertiary/aromatic N) is 3. The molecule has 1 aromatic carbocycles. The molecule has 0 radical (unpaired) electrons. The summed E-state index contributed by atoms with van der Waals surface area (Å²) in [6.45, 7) is 4.83. The van der Waals surface area contributed by atoms with Crippen LogP contribution in [0, 0.1) is 13.8 Å². The third-order valence-electron chi connectivity index (χ3n) is 4.62. The maximum Gasteiger partial charge on any atom is 0.229 e. The Bertz CT molecular complexity index is 897. The van der Waals surface area contributed by atoms with Gasteiger partial charge < -0.3 is 9.88 Å². The number of nitrogens with one attached hydrogen (secondary N) is 1. The first kappa shape index (κ1) is 15.3. The lowest BCUT2D eigenvalue weighted by molar-refractivity contribution is -0.131. The predicted molar refractivity (Wildman–Crippen MR) is 95.1 cm³/mol. The fraction of sp³-hybridized carbons (Fsp3) is 0.389. The van der Waals surface area contributed by atoms with Crippen molar-refractivity contribution in [2.45, 2.75) is 39.2 Å². The van der Waals surface area contributed by atoms with Crippen LogP contribution in [0.4, 0.5) is 0 Å². The van der Waals surface area contributed by atoms with Crippen molar-refractivity contribution in [2.75, 3.05) is 6.54 Å². The summed E-state index contributed by atoms with van der Waals surface area (Å²) >= 11 is 1.59. The maximum absolute atomic E-state index is 12.7. The van der Waals surface area contributed by atoms with Crippen LogP contribution in [0.5, 0.6) is 0 Å². The number of hydrogen-bond acceptors (Lipinski definition) is 4. The Morgan fingerprint density at radius 2 is 2.25 bits per heavy atom. The number of hydrogen-bond donors (Lipinski definition) is 1. The fourth-order valence-corrected chi connectivity index (χ4v) is 4.06. The molecule has 3 heterocycles. The molecular formula is C18H20N4OS. The van der Waals surface area contributed by atoms with E-state index in [1.807, 2.05) is 29.3 Å². The third-order valence-corrected chi connectivity index (χ3v) is 5.44. The van der Waals surface area contributed by atoms with Crippen LogP contribution in [-0.4, -0.2) is 32.3 Å². The smallest absolute Gasteiger partial charge is 0.229 e. The second-order valence-electron chi connectivity index (χ2n) is 6.37. The minimum absolute atomic E-state index is 0.0454. The van der Waals surface area contributed by atoms with E-state index in [9.17, 15) is 4.79 Å². The van der Waals surface area contributed by atoms with E-state index in [2.05, 4.69) is 23.0 Å². The summed E-state index contributed by atoms with van der Waals surface area (Å²) in [4.78, 5) is 27.3. The SMILES string of the molecule is Cc1nc(CC(=O)N2CCCC2c2nc3c(C)cccc3[nH]2)cs1. The zero-order chi connectivity index (χ0) is 16.7. The van der Waals surface area contributed by atoms with Gasteiger partial charge in [0.05, 0.1) is 34.2 Å². The van der Waals surface area contributed by atoms with Crippen molar-refractivity contribution in [1.82, 2.24) is 19.9 Å². The number of benzene rings is 1. The number of H-pyrrole nitrogens is 1. The van der Waals surface area contributed by atoms with Crippen molar-refractivity contribution in [1.29, 1.82) is 0 Å². The van der Waals surface area contributed by atoms with Gasteiger partial charge in [0.15, 0.2) is 0 Å². The number of amides is 1. The third kappa shape index (κ3) is 2.71. The van der Waals surface area contributed by atoms with E-state index in [1.165, 1.54) is 0 Å². The van der Waals surface area contributed by atoms with Gasteiger partial charge in [0.2, 0.25) is 5.91 Å². The first-order valence-electron chi connectivity index (χ1n) is 8.27. The molecule has 0 bridgehead atoms. The topological polar surface area (TPSA) is 61.9 Å². The molecule has 1 aliphatic rings. The zero-order valence-corrected chi connectivity index (χ0v) is 14.7. The molecule has 1 atom stereocenters. The number of imidazole rings is 1. The highest BCUT2D eigenvalue weighted by atomic mass is 32.1. The summed E-state index contributed by atoms with van der Waals surface area (Å²) in [7, 11) is 0. The van der Waals surface area contributed by atoms with E-state index in [4.69, 9.17) is 4.98 Å². The number of fused-ring (bicyclic) bond motifs is 1. The lowest BCUT2D eigenvalue weighted by atomic mass is 10.2. The van der Waals surface area contributed by atoms with E-state index in [1.54, 1.807) is 11.3 Å². The molecule has 1 unspecified atom stereocenters. The van der Waals surface area contributed by atoms with Gasteiger partial charge in [0.25, 0.3) is 0 Å². The zero-order valence-electron chi connectivity index (χ0n) is 13.9. The number of aromatic nitrogens is 3. The van der Waals surface area contributed by atoms with E-state index in [0.29, 0.717) is 6.42 Å². The summed E-state index contributed by atoms with van der Waals surface area (Å²) < 4.78 is 0. The van der Waals surface area contributed by atoms with Crippen LogP contribution in [0.1, 0.15) is 41.0 Å². The van der Waals surface area contributed by atoms with E-state index < -0.39 is 0 Å². The molecule has 5 nitrogen and oxygen atoms in total. The normalized spacial score (nSPS) is 17.8. The number of para-hydroxylation sites is 1. The summed E-state index contributed by atoms with van der Waals surface area (Å²) in [6, 6.07) is 6.18. The Balaban J connectivity index is 1.59. The lowest BCUT2D eigenvalue weighted by Crippen LogP contribution is -2.32. The van der Waals surface area contributed by atoms with Crippen molar-refractivity contribution in [3.63, 3.8) is 0 Å². The van der Waals surface area contributed by atoms with Gasteiger partial charge in [-0.2, -0.15) is 0 Å². The van der Waals surface area contributed by atoms with Crippen molar-refractivity contribution in [2.24, 2.45) is 0 Å². The quantitative estimate of drug-likeness (QED) is 0.793. The van der Waals surface area contributed by atoms with Crippen molar-refractivity contribution >= 4 is 28.3 Å². The van der Waals surface area contributed by atoms with Gasteiger partial charge in [0, 0.05) is 11.9 Å². The molecule has 1 saturated heterocycles. The Morgan fingerprint density at radius 3 is 3.00 bits per heavy atom. The second kappa shape index (κ2) is 6.02. The van der Waals surface area contributed by atoms with Gasteiger partial charge in [-0.15, -0.1) is 11.3 Å². The molecule has 1 fully saturated rings. The van der Waals surface area contributed by atoms with Crippen LogP contribution >= 0.6 is 11.3 Å². The number of carbonyl (C=O) groups excluding carboxylic acids is 1. The van der Waals surface area contributed by atoms with Crippen LogP contribution in [0.25, 0.3) is 11.0 Å². The van der Waals surface area contributed by atoms with Gasteiger partial charge in [-0.1, -0.05) is 12.1 Å². The molecule has 1 amide bonds. The molecule has 0 aliphatic carbocycles. The van der Waals surface area contributed by atoms with Crippen molar-refractivity contribution in [3.05, 3.63) is 45.7 Å². The number of aryl methyl sites for hydroxylation is 2. The van der Waals surface area contributed by atoms with Crippen molar-refractivity contribution < 1.29 is 4.79 Å². The molecular weight excluding hydrogens is 320 g/mol. The average molecular weight is 340 g/mol. The van der Waals surface area contributed by atoms with Crippen molar-refractivity contribution in [3.8, 4) is 0 Å². The molecule has 6 heteroatoms. The van der Waals surface area contributed by atoms with Gasteiger partial charge in [-0.05, 0) is 38.3 Å². The summed E-state index contributed by atoms with van der Waals surface area (Å²) in [5, 5.41) is 2.98. The summed E-state index contributed by atoms with van der Waals surface area (Å²) in [5.41, 5.74) is 4.07. The monoisotopic (exact) mass is 340 g/mol. The van der Waals surface area contributed by atoms with Gasteiger partial charge in [-0.25, -0.2) is 9.97 Å². The van der Waals surface area contributed by atoms with E-state index in [0.717, 1.165) is 52.5 Å². The number of carbonyl (C=O) groups is 1. The predicted octanol–water partition coefficient (Wildman–Crippen LogP) is 3.54. The first-order chi connectivity index (χ1) is 11.6. The standard InChI is InChI=1S/C18H20N4OS/c1-11-5-3-6-14-17(11)21-18(20-14)15-7-4-8-22(15)16(23)9-13-10-24-12(2)19-13/h3,5-6,10,15H,4,7-9H2,1-2H3,(H,20,21). The molecule has 4 rings (SSSR count). The Morgan fingerprint density at radius 1 is 1.38 bits per heavy atom. The highest BCUT2D eigenvalue weighted by Crippen LogP contribution is 2.32. The van der Waals surface area contributed by atoms with Crippen LogP contribution in [0.3, 0.4) is 0 Å². The lowest BCUT2D eigenvalue weighted by Gasteiger charge is -2.22. The molecule has 24 heavy (non-hydrogen) atoms. The maximum atomic E-state index is 12.7. The van der Waals surface area contributed by atoms with Crippen LogP contribution in [0.2, 0.25) is 0 Å².